The van der Waals surface area contributed by atoms with Crippen LogP contribution < -0.4 is 5.32 Å². The van der Waals surface area contributed by atoms with Gasteiger partial charge < -0.3 is 15.1 Å². The SMILES string of the molecule is CCNC(=NCC(=O)N1CCCCC1)N(C)Cc1ccc(CC)cc1. The zero-order valence-electron chi connectivity index (χ0n) is 15.9. The molecule has 1 saturated heterocycles. The topological polar surface area (TPSA) is 47.9 Å². The van der Waals surface area contributed by atoms with Crippen LogP contribution in [0.25, 0.3) is 0 Å². The number of nitrogens with one attached hydrogen (secondary N) is 1. The van der Waals surface area contributed by atoms with E-state index in [1.165, 1.54) is 17.5 Å². The minimum atomic E-state index is 0.135. The zero-order chi connectivity index (χ0) is 18.1. The minimum absolute atomic E-state index is 0.135. The predicted octanol–water partition coefficient (Wildman–Crippen LogP) is 2.66. The molecule has 0 radical (unpaired) electrons. The summed E-state index contributed by atoms with van der Waals surface area (Å²) in [6.45, 7) is 7.75. The van der Waals surface area contributed by atoms with Crippen LogP contribution in [0.1, 0.15) is 44.2 Å². The smallest absolute Gasteiger partial charge is 0.244 e. The van der Waals surface area contributed by atoms with Gasteiger partial charge in [0.05, 0.1) is 0 Å². The summed E-state index contributed by atoms with van der Waals surface area (Å²) in [6.07, 6.45) is 4.51. The normalized spacial score (nSPS) is 15.2. The van der Waals surface area contributed by atoms with Gasteiger partial charge in [-0.05, 0) is 43.7 Å². The number of aryl methyl sites for hydroxylation is 1. The molecule has 1 aromatic rings. The Balaban J connectivity index is 1.95. The highest BCUT2D eigenvalue weighted by atomic mass is 16.2. The van der Waals surface area contributed by atoms with Gasteiger partial charge in [0, 0.05) is 33.2 Å². The molecule has 0 aliphatic carbocycles. The van der Waals surface area contributed by atoms with Crippen molar-refractivity contribution in [3.8, 4) is 0 Å². The van der Waals surface area contributed by atoms with Crippen LogP contribution in [0.2, 0.25) is 0 Å². The molecule has 5 nitrogen and oxygen atoms in total. The maximum absolute atomic E-state index is 12.3. The summed E-state index contributed by atoms with van der Waals surface area (Å²) in [6, 6.07) is 8.68. The molecule has 1 aromatic carbocycles. The van der Waals surface area contributed by atoms with Crippen molar-refractivity contribution in [3.63, 3.8) is 0 Å². The Morgan fingerprint density at radius 1 is 1.12 bits per heavy atom. The van der Waals surface area contributed by atoms with Gasteiger partial charge in [0.15, 0.2) is 5.96 Å². The standard InChI is InChI=1S/C20H32N4O/c1-4-17-9-11-18(12-10-17)16-23(3)20(21-5-2)22-15-19(25)24-13-7-6-8-14-24/h9-12H,4-8,13-16H2,1-3H3,(H,21,22). The quantitative estimate of drug-likeness (QED) is 0.637. The lowest BCUT2D eigenvalue weighted by Gasteiger charge is -2.27. The number of hydrogen-bond acceptors (Lipinski definition) is 2. The number of carbonyl (C=O) groups is 1. The fraction of sp³-hybridized carbons (Fsp3) is 0.600. The van der Waals surface area contributed by atoms with Crippen molar-refractivity contribution in [2.24, 2.45) is 4.99 Å². The van der Waals surface area contributed by atoms with Crippen LogP contribution in [-0.2, 0) is 17.8 Å². The molecule has 1 aliphatic rings. The van der Waals surface area contributed by atoms with Crippen LogP contribution in [0, 0.1) is 0 Å². The van der Waals surface area contributed by atoms with Crippen molar-refractivity contribution in [1.82, 2.24) is 15.1 Å². The third-order valence-electron chi connectivity index (χ3n) is 4.62. The molecular weight excluding hydrogens is 312 g/mol. The first kappa shape index (κ1) is 19.3. The molecular formula is C20H32N4O. The van der Waals surface area contributed by atoms with Crippen LogP contribution in [0.4, 0.5) is 0 Å². The van der Waals surface area contributed by atoms with Crippen LogP contribution in [0.5, 0.6) is 0 Å². The molecule has 0 aromatic heterocycles. The molecule has 0 saturated carbocycles. The predicted molar refractivity (Wildman–Crippen MR) is 104 cm³/mol. The van der Waals surface area contributed by atoms with Crippen molar-refractivity contribution in [2.45, 2.75) is 46.1 Å². The maximum atomic E-state index is 12.3. The van der Waals surface area contributed by atoms with E-state index in [4.69, 9.17) is 0 Å². The summed E-state index contributed by atoms with van der Waals surface area (Å²) >= 11 is 0. The van der Waals surface area contributed by atoms with Gasteiger partial charge in [-0.15, -0.1) is 0 Å². The Kier molecular flexibility index (Phi) is 7.76. The number of amides is 1. The lowest BCUT2D eigenvalue weighted by molar-refractivity contribution is -0.130. The molecule has 0 unspecified atom stereocenters. The third-order valence-corrected chi connectivity index (χ3v) is 4.62. The van der Waals surface area contributed by atoms with Gasteiger partial charge in [-0.2, -0.15) is 0 Å². The number of nitrogens with zero attached hydrogens (tertiary/aromatic N) is 3. The first-order valence-electron chi connectivity index (χ1n) is 9.49. The second-order valence-corrected chi connectivity index (χ2v) is 6.64. The molecule has 1 amide bonds. The first-order chi connectivity index (χ1) is 12.1. The molecule has 0 atom stereocenters. The molecule has 1 aliphatic heterocycles. The van der Waals surface area contributed by atoms with Crippen molar-refractivity contribution >= 4 is 11.9 Å². The first-order valence-corrected chi connectivity index (χ1v) is 9.49. The minimum Gasteiger partial charge on any atom is -0.357 e. The molecule has 1 fully saturated rings. The maximum Gasteiger partial charge on any atom is 0.244 e. The number of likely N-dealkylation sites (tertiary alicyclic amines) is 1. The molecule has 25 heavy (non-hydrogen) atoms. The molecule has 5 heteroatoms. The highest BCUT2D eigenvalue weighted by molar-refractivity contribution is 5.85. The van der Waals surface area contributed by atoms with Gasteiger partial charge in [0.2, 0.25) is 5.91 Å². The Labute approximate surface area is 152 Å². The van der Waals surface area contributed by atoms with Gasteiger partial charge in [-0.3, -0.25) is 4.79 Å². The summed E-state index contributed by atoms with van der Waals surface area (Å²) in [5, 5.41) is 3.29. The molecule has 2 rings (SSSR count). The van der Waals surface area contributed by atoms with Gasteiger partial charge >= 0.3 is 0 Å². The van der Waals surface area contributed by atoms with Crippen molar-refractivity contribution < 1.29 is 4.79 Å². The number of benzene rings is 1. The van der Waals surface area contributed by atoms with Crippen LogP contribution >= 0.6 is 0 Å². The second kappa shape index (κ2) is 10.1. The van der Waals surface area contributed by atoms with E-state index < -0.39 is 0 Å². The van der Waals surface area contributed by atoms with Gasteiger partial charge in [0.1, 0.15) is 6.54 Å². The number of hydrogen-bond donors (Lipinski definition) is 1. The average Bonchev–Trinajstić information content (AvgIpc) is 2.66. The summed E-state index contributed by atoms with van der Waals surface area (Å²) < 4.78 is 0. The van der Waals surface area contributed by atoms with Crippen molar-refractivity contribution in [3.05, 3.63) is 35.4 Å². The molecule has 0 spiro atoms. The van der Waals surface area contributed by atoms with Crippen molar-refractivity contribution in [2.75, 3.05) is 33.2 Å². The third kappa shape index (κ3) is 6.07. The second-order valence-electron chi connectivity index (χ2n) is 6.64. The van der Waals surface area contributed by atoms with E-state index in [1.807, 2.05) is 18.9 Å². The number of guanidine groups is 1. The molecule has 1 heterocycles. The monoisotopic (exact) mass is 344 g/mol. The van der Waals surface area contributed by atoms with E-state index in [0.717, 1.165) is 51.4 Å². The lowest BCUT2D eigenvalue weighted by Crippen LogP contribution is -2.41. The average molecular weight is 345 g/mol. The van der Waals surface area contributed by atoms with E-state index in [1.54, 1.807) is 0 Å². The number of aliphatic imine (C=N–C) groups is 1. The van der Waals surface area contributed by atoms with Gasteiger partial charge in [-0.1, -0.05) is 31.2 Å². The Morgan fingerprint density at radius 3 is 2.36 bits per heavy atom. The summed E-state index contributed by atoms with van der Waals surface area (Å²) in [4.78, 5) is 20.9. The van der Waals surface area contributed by atoms with Crippen molar-refractivity contribution in [1.29, 1.82) is 0 Å². The lowest BCUT2D eigenvalue weighted by atomic mass is 10.1. The summed E-state index contributed by atoms with van der Waals surface area (Å²) in [5.74, 6) is 0.920. The molecule has 1 N–H and O–H groups in total. The summed E-state index contributed by atoms with van der Waals surface area (Å²) in [5.41, 5.74) is 2.59. The summed E-state index contributed by atoms with van der Waals surface area (Å²) in [7, 11) is 2.01. The number of rotatable bonds is 6. The van der Waals surface area contributed by atoms with E-state index in [9.17, 15) is 4.79 Å². The van der Waals surface area contributed by atoms with Gasteiger partial charge in [-0.25, -0.2) is 4.99 Å². The van der Waals surface area contributed by atoms with E-state index in [-0.39, 0.29) is 12.5 Å². The van der Waals surface area contributed by atoms with Crippen LogP contribution in [-0.4, -0.2) is 54.9 Å². The van der Waals surface area contributed by atoms with E-state index in [0.29, 0.717) is 0 Å². The molecule has 0 bridgehead atoms. The van der Waals surface area contributed by atoms with Gasteiger partial charge in [0.25, 0.3) is 0 Å². The van der Waals surface area contributed by atoms with E-state index in [2.05, 4.69) is 46.4 Å². The number of carbonyl (C=O) groups excluding carboxylic acids is 1. The zero-order valence-corrected chi connectivity index (χ0v) is 15.9. The fourth-order valence-corrected chi connectivity index (χ4v) is 3.08. The molecule has 138 valence electrons. The Bertz CT molecular complexity index is 562. The fourth-order valence-electron chi connectivity index (χ4n) is 3.08. The van der Waals surface area contributed by atoms with E-state index >= 15 is 0 Å². The van der Waals surface area contributed by atoms with Crippen LogP contribution in [0.15, 0.2) is 29.3 Å². The highest BCUT2D eigenvalue weighted by Crippen LogP contribution is 2.09. The Hall–Kier alpha value is -2.04. The van der Waals surface area contributed by atoms with Crippen LogP contribution in [0.3, 0.4) is 0 Å². The highest BCUT2D eigenvalue weighted by Gasteiger charge is 2.16. The Morgan fingerprint density at radius 2 is 1.76 bits per heavy atom. The number of piperidine rings is 1. The largest absolute Gasteiger partial charge is 0.357 e.